The Hall–Kier alpha value is -1.90. The zero-order chi connectivity index (χ0) is 17.7. The summed E-state index contributed by atoms with van der Waals surface area (Å²) in [6, 6.07) is 12.8. The van der Waals surface area contributed by atoms with Gasteiger partial charge in [-0.1, -0.05) is 24.3 Å². The van der Waals surface area contributed by atoms with Gasteiger partial charge >= 0.3 is 0 Å². The molecule has 0 radical (unpaired) electrons. The van der Waals surface area contributed by atoms with Gasteiger partial charge in [0.25, 0.3) is 0 Å². The van der Waals surface area contributed by atoms with Gasteiger partial charge in [0.15, 0.2) is 0 Å². The van der Waals surface area contributed by atoms with E-state index in [1.54, 1.807) is 6.92 Å². The lowest BCUT2D eigenvalue weighted by atomic mass is 9.47. The standard InChI is InChI=1S/C23H28N2O/c1-15(26)24-22(11-20-7-6-19-4-2-3-5-21(19)25-20)23-12-16-8-17(13-23)10-18(9-16)14-23/h2-7,16-18,22H,8-14H2,1H3,(H,24,26)/t16?,17?,18?,22-,23?/m1/s1. The highest BCUT2D eigenvalue weighted by atomic mass is 16.1. The molecule has 0 aliphatic heterocycles. The second-order valence-electron chi connectivity index (χ2n) is 9.23. The molecular formula is C23H28N2O. The highest BCUT2D eigenvalue weighted by molar-refractivity contribution is 5.78. The Morgan fingerprint density at radius 3 is 2.38 bits per heavy atom. The summed E-state index contributed by atoms with van der Waals surface area (Å²) >= 11 is 0. The molecule has 1 atom stereocenters. The lowest BCUT2D eigenvalue weighted by Crippen LogP contribution is -2.57. The minimum atomic E-state index is 0.103. The molecule has 2 aromatic rings. The van der Waals surface area contributed by atoms with Crippen molar-refractivity contribution < 1.29 is 4.79 Å². The second-order valence-corrected chi connectivity index (χ2v) is 9.23. The van der Waals surface area contributed by atoms with Crippen LogP contribution >= 0.6 is 0 Å². The topological polar surface area (TPSA) is 42.0 Å². The number of nitrogens with one attached hydrogen (secondary N) is 1. The normalized spacial score (nSPS) is 33.3. The van der Waals surface area contributed by atoms with Gasteiger partial charge in [0.2, 0.25) is 5.91 Å². The van der Waals surface area contributed by atoms with Crippen LogP contribution in [0.3, 0.4) is 0 Å². The first-order valence-electron chi connectivity index (χ1n) is 10.2. The van der Waals surface area contributed by atoms with Crippen LogP contribution in [0.1, 0.15) is 51.1 Å². The molecule has 26 heavy (non-hydrogen) atoms. The molecule has 4 aliphatic carbocycles. The maximum Gasteiger partial charge on any atom is 0.217 e. The lowest BCUT2D eigenvalue weighted by Gasteiger charge is -2.59. The van der Waals surface area contributed by atoms with Crippen LogP contribution in [0.25, 0.3) is 10.9 Å². The van der Waals surface area contributed by atoms with Gasteiger partial charge in [0, 0.05) is 30.5 Å². The summed E-state index contributed by atoms with van der Waals surface area (Å²) < 4.78 is 0. The fourth-order valence-corrected chi connectivity index (χ4v) is 6.70. The Morgan fingerprint density at radius 2 is 1.73 bits per heavy atom. The zero-order valence-corrected chi connectivity index (χ0v) is 15.6. The maximum absolute atomic E-state index is 12.0. The molecule has 0 spiro atoms. The highest BCUT2D eigenvalue weighted by Crippen LogP contribution is 2.61. The number of hydrogen-bond acceptors (Lipinski definition) is 2. The molecule has 4 fully saturated rings. The van der Waals surface area contributed by atoms with E-state index in [0.717, 1.165) is 35.4 Å². The number of aromatic nitrogens is 1. The molecule has 6 rings (SSSR count). The number of nitrogens with zero attached hydrogens (tertiary/aromatic N) is 1. The first-order valence-corrected chi connectivity index (χ1v) is 10.2. The molecule has 1 aromatic carbocycles. The molecule has 4 aliphatic rings. The van der Waals surface area contributed by atoms with E-state index in [4.69, 9.17) is 4.98 Å². The molecule has 0 saturated heterocycles. The van der Waals surface area contributed by atoms with Crippen LogP contribution in [0.5, 0.6) is 0 Å². The molecule has 3 heteroatoms. The van der Waals surface area contributed by atoms with Crippen LogP contribution in [0, 0.1) is 23.2 Å². The third-order valence-corrected chi connectivity index (χ3v) is 7.27. The van der Waals surface area contributed by atoms with Crippen molar-refractivity contribution in [2.24, 2.45) is 23.2 Å². The van der Waals surface area contributed by atoms with Gasteiger partial charge in [-0.15, -0.1) is 0 Å². The number of rotatable bonds is 4. The van der Waals surface area contributed by atoms with E-state index >= 15 is 0 Å². The van der Waals surface area contributed by atoms with Gasteiger partial charge < -0.3 is 5.32 Å². The molecular weight excluding hydrogens is 320 g/mol. The van der Waals surface area contributed by atoms with E-state index in [1.165, 1.54) is 43.9 Å². The number of carbonyl (C=O) groups is 1. The number of para-hydroxylation sites is 1. The van der Waals surface area contributed by atoms with Crippen molar-refractivity contribution in [3.05, 3.63) is 42.1 Å². The van der Waals surface area contributed by atoms with Crippen molar-refractivity contribution in [2.45, 2.75) is 57.9 Å². The van der Waals surface area contributed by atoms with E-state index < -0.39 is 0 Å². The second kappa shape index (κ2) is 6.07. The van der Waals surface area contributed by atoms with E-state index in [2.05, 4.69) is 35.6 Å². The summed E-state index contributed by atoms with van der Waals surface area (Å²) in [6.07, 6.45) is 9.06. The number of benzene rings is 1. The van der Waals surface area contributed by atoms with Crippen LogP contribution in [-0.4, -0.2) is 16.9 Å². The summed E-state index contributed by atoms with van der Waals surface area (Å²) in [5.41, 5.74) is 2.46. The molecule has 4 bridgehead atoms. The minimum absolute atomic E-state index is 0.103. The Balaban J connectivity index is 1.46. The number of pyridine rings is 1. The molecule has 1 amide bonds. The van der Waals surface area contributed by atoms with Crippen LogP contribution in [0.2, 0.25) is 0 Å². The van der Waals surface area contributed by atoms with Gasteiger partial charge in [0.1, 0.15) is 0 Å². The highest BCUT2D eigenvalue weighted by Gasteiger charge is 2.54. The van der Waals surface area contributed by atoms with Gasteiger partial charge in [-0.2, -0.15) is 0 Å². The smallest absolute Gasteiger partial charge is 0.217 e. The fourth-order valence-electron chi connectivity index (χ4n) is 6.70. The molecule has 0 unspecified atom stereocenters. The first kappa shape index (κ1) is 16.3. The lowest BCUT2D eigenvalue weighted by molar-refractivity contribution is -0.124. The third-order valence-electron chi connectivity index (χ3n) is 7.27. The van der Waals surface area contributed by atoms with E-state index in [-0.39, 0.29) is 11.9 Å². The molecule has 1 aromatic heterocycles. The Labute approximate surface area is 155 Å². The van der Waals surface area contributed by atoms with Crippen LogP contribution in [0.15, 0.2) is 36.4 Å². The molecule has 1 N–H and O–H groups in total. The Kier molecular flexibility index (Phi) is 3.80. The first-order chi connectivity index (χ1) is 12.6. The van der Waals surface area contributed by atoms with E-state index in [1.807, 2.05) is 6.07 Å². The zero-order valence-electron chi connectivity index (χ0n) is 15.6. The van der Waals surface area contributed by atoms with Crippen LogP contribution in [-0.2, 0) is 11.2 Å². The van der Waals surface area contributed by atoms with Crippen LogP contribution in [0.4, 0.5) is 0 Å². The SMILES string of the molecule is CC(=O)N[C@H](Cc1ccc2ccccc2n1)C12CC3CC(CC(C3)C1)C2. The van der Waals surface area contributed by atoms with Crippen molar-refractivity contribution in [2.75, 3.05) is 0 Å². The number of amides is 1. The summed E-state index contributed by atoms with van der Waals surface area (Å²) in [4.78, 5) is 16.9. The third kappa shape index (κ3) is 2.82. The monoisotopic (exact) mass is 348 g/mol. The fraction of sp³-hybridized carbons (Fsp3) is 0.565. The van der Waals surface area contributed by atoms with Gasteiger partial charge in [-0.05, 0) is 73.8 Å². The number of hydrogen-bond donors (Lipinski definition) is 1. The Bertz CT molecular complexity index is 808. The van der Waals surface area contributed by atoms with Crippen molar-refractivity contribution in [3.63, 3.8) is 0 Å². The predicted molar refractivity (Wildman–Crippen MR) is 104 cm³/mol. The molecule has 136 valence electrons. The summed E-state index contributed by atoms with van der Waals surface area (Å²) in [5, 5.41) is 4.54. The van der Waals surface area contributed by atoms with Crippen molar-refractivity contribution in [1.29, 1.82) is 0 Å². The van der Waals surface area contributed by atoms with Gasteiger partial charge in [-0.25, -0.2) is 0 Å². The van der Waals surface area contributed by atoms with Crippen molar-refractivity contribution in [1.82, 2.24) is 10.3 Å². The largest absolute Gasteiger partial charge is 0.353 e. The summed E-state index contributed by atoms with van der Waals surface area (Å²) in [6.45, 7) is 1.67. The molecule has 1 heterocycles. The number of carbonyl (C=O) groups excluding carboxylic acids is 1. The minimum Gasteiger partial charge on any atom is -0.353 e. The van der Waals surface area contributed by atoms with Gasteiger partial charge in [-0.3, -0.25) is 9.78 Å². The van der Waals surface area contributed by atoms with Crippen LogP contribution < -0.4 is 5.32 Å². The number of fused-ring (bicyclic) bond motifs is 1. The van der Waals surface area contributed by atoms with Crippen molar-refractivity contribution in [3.8, 4) is 0 Å². The van der Waals surface area contributed by atoms with Gasteiger partial charge in [0.05, 0.1) is 5.52 Å². The summed E-state index contributed by atoms with van der Waals surface area (Å²) in [5.74, 6) is 2.78. The van der Waals surface area contributed by atoms with Crippen molar-refractivity contribution >= 4 is 16.8 Å². The average molecular weight is 348 g/mol. The maximum atomic E-state index is 12.0. The van der Waals surface area contributed by atoms with E-state index in [9.17, 15) is 4.79 Å². The predicted octanol–water partition coefficient (Wildman–Crippen LogP) is 4.50. The molecule has 3 nitrogen and oxygen atoms in total. The Morgan fingerprint density at radius 1 is 1.08 bits per heavy atom. The quantitative estimate of drug-likeness (QED) is 0.884. The molecule has 4 saturated carbocycles. The summed E-state index contributed by atoms with van der Waals surface area (Å²) in [7, 11) is 0. The van der Waals surface area contributed by atoms with E-state index in [0.29, 0.717) is 5.41 Å². The average Bonchev–Trinajstić information content (AvgIpc) is 2.59.